The first-order chi connectivity index (χ1) is 11.2. The van der Waals surface area contributed by atoms with Crippen molar-refractivity contribution in [3.63, 3.8) is 0 Å². The number of halogens is 2. The van der Waals surface area contributed by atoms with Gasteiger partial charge in [-0.25, -0.2) is 4.68 Å². The first kappa shape index (κ1) is 14.4. The molecular weight excluding hydrogens is 376 g/mol. The molecule has 4 nitrogen and oxygen atoms in total. The quantitative estimate of drug-likeness (QED) is 0.493. The molecule has 0 unspecified atom stereocenters. The van der Waals surface area contributed by atoms with Gasteiger partial charge in [-0.3, -0.25) is 9.97 Å². The normalized spacial score (nSPS) is 11.0. The van der Waals surface area contributed by atoms with Crippen molar-refractivity contribution >= 4 is 38.4 Å². The molecule has 0 saturated heterocycles. The third-order valence-electron chi connectivity index (χ3n) is 3.52. The molecule has 0 radical (unpaired) electrons. The number of nitrogens with zero attached hydrogens (tertiary/aromatic N) is 4. The van der Waals surface area contributed by atoms with Gasteiger partial charge in [0.05, 0.1) is 17.4 Å². The van der Waals surface area contributed by atoms with E-state index in [9.17, 15) is 0 Å². The van der Waals surface area contributed by atoms with E-state index in [0.717, 1.165) is 32.5 Å². The first-order valence-electron chi connectivity index (χ1n) is 6.93. The average molecular weight is 386 g/mol. The van der Waals surface area contributed by atoms with Crippen molar-refractivity contribution in [3.8, 4) is 17.1 Å². The van der Waals surface area contributed by atoms with Gasteiger partial charge in [0, 0.05) is 27.3 Å². The van der Waals surface area contributed by atoms with Crippen LogP contribution in [-0.2, 0) is 0 Å². The number of aromatic nitrogens is 4. The van der Waals surface area contributed by atoms with Gasteiger partial charge in [0.2, 0.25) is 0 Å². The number of fused-ring (bicyclic) bond motifs is 1. The predicted octanol–water partition coefficient (Wildman–Crippen LogP) is 4.90. The number of hydrogen-bond donors (Lipinski definition) is 0. The van der Waals surface area contributed by atoms with E-state index in [2.05, 4.69) is 25.9 Å². The largest absolute Gasteiger partial charge is 0.261 e. The van der Waals surface area contributed by atoms with Crippen LogP contribution in [0.2, 0.25) is 5.02 Å². The van der Waals surface area contributed by atoms with Crippen molar-refractivity contribution in [2.45, 2.75) is 0 Å². The lowest BCUT2D eigenvalue weighted by molar-refractivity contribution is 0.911. The molecule has 23 heavy (non-hydrogen) atoms. The molecule has 0 amide bonds. The lowest BCUT2D eigenvalue weighted by Gasteiger charge is -2.03. The fourth-order valence-corrected chi connectivity index (χ4v) is 2.91. The van der Waals surface area contributed by atoms with Gasteiger partial charge >= 0.3 is 0 Å². The molecule has 0 N–H and O–H groups in total. The van der Waals surface area contributed by atoms with E-state index in [4.69, 9.17) is 16.7 Å². The van der Waals surface area contributed by atoms with Crippen molar-refractivity contribution < 1.29 is 0 Å². The molecule has 0 spiro atoms. The SMILES string of the molecule is Clc1ccc2c(-c3cnccn3)nn(-c3ccc(Br)cc3)c2c1. The van der Waals surface area contributed by atoms with Gasteiger partial charge < -0.3 is 0 Å². The molecule has 0 aliphatic rings. The summed E-state index contributed by atoms with van der Waals surface area (Å²) in [5.74, 6) is 0. The second-order valence-corrected chi connectivity index (χ2v) is 6.34. The van der Waals surface area contributed by atoms with Crippen LogP contribution >= 0.6 is 27.5 Å². The average Bonchev–Trinajstić information content (AvgIpc) is 2.95. The summed E-state index contributed by atoms with van der Waals surface area (Å²) in [6.45, 7) is 0. The second-order valence-electron chi connectivity index (χ2n) is 4.99. The third kappa shape index (κ3) is 2.62. The maximum Gasteiger partial charge on any atom is 0.121 e. The third-order valence-corrected chi connectivity index (χ3v) is 4.28. The van der Waals surface area contributed by atoms with Crippen molar-refractivity contribution in [1.29, 1.82) is 0 Å². The lowest BCUT2D eigenvalue weighted by atomic mass is 10.1. The molecule has 112 valence electrons. The van der Waals surface area contributed by atoms with Crippen LogP contribution < -0.4 is 0 Å². The minimum absolute atomic E-state index is 0.668. The van der Waals surface area contributed by atoms with E-state index in [1.165, 1.54) is 0 Å². The highest BCUT2D eigenvalue weighted by Gasteiger charge is 2.15. The summed E-state index contributed by atoms with van der Waals surface area (Å²) in [5.41, 5.74) is 3.40. The van der Waals surface area contributed by atoms with E-state index in [-0.39, 0.29) is 0 Å². The monoisotopic (exact) mass is 384 g/mol. The fraction of sp³-hybridized carbons (Fsp3) is 0. The van der Waals surface area contributed by atoms with Crippen LogP contribution in [0.1, 0.15) is 0 Å². The Hall–Kier alpha value is -2.24. The number of benzene rings is 2. The molecule has 0 bridgehead atoms. The van der Waals surface area contributed by atoms with E-state index in [1.54, 1.807) is 18.6 Å². The summed E-state index contributed by atoms with van der Waals surface area (Å²) >= 11 is 9.63. The Morgan fingerprint density at radius 2 is 1.83 bits per heavy atom. The van der Waals surface area contributed by atoms with Crippen molar-refractivity contribution in [2.75, 3.05) is 0 Å². The van der Waals surface area contributed by atoms with Gasteiger partial charge in [0.15, 0.2) is 0 Å². The van der Waals surface area contributed by atoms with Gasteiger partial charge in [-0.1, -0.05) is 27.5 Å². The Bertz CT molecular complexity index is 981. The van der Waals surface area contributed by atoms with Crippen molar-refractivity contribution in [2.24, 2.45) is 0 Å². The Morgan fingerprint density at radius 1 is 1.00 bits per heavy atom. The molecule has 0 aliphatic heterocycles. The Labute approximate surface area is 145 Å². The minimum Gasteiger partial charge on any atom is -0.261 e. The first-order valence-corrected chi connectivity index (χ1v) is 8.10. The van der Waals surface area contributed by atoms with Gasteiger partial charge in [0.1, 0.15) is 11.4 Å². The molecule has 2 heterocycles. The van der Waals surface area contributed by atoms with Gasteiger partial charge in [0.25, 0.3) is 0 Å². The van der Waals surface area contributed by atoms with Crippen molar-refractivity contribution in [1.82, 2.24) is 19.7 Å². The minimum atomic E-state index is 0.668. The van der Waals surface area contributed by atoms with E-state index in [1.807, 2.05) is 47.1 Å². The molecule has 4 rings (SSSR count). The summed E-state index contributed by atoms with van der Waals surface area (Å²) in [7, 11) is 0. The zero-order valence-electron chi connectivity index (χ0n) is 11.8. The summed E-state index contributed by atoms with van der Waals surface area (Å²) < 4.78 is 2.89. The molecule has 0 saturated carbocycles. The highest BCUT2D eigenvalue weighted by Crippen LogP contribution is 2.30. The highest BCUT2D eigenvalue weighted by atomic mass is 79.9. The zero-order chi connectivity index (χ0) is 15.8. The number of rotatable bonds is 2. The summed E-state index contributed by atoms with van der Waals surface area (Å²) in [6.07, 6.45) is 5.02. The van der Waals surface area contributed by atoms with Crippen LogP contribution in [0.5, 0.6) is 0 Å². The number of hydrogen-bond acceptors (Lipinski definition) is 3. The summed E-state index contributed by atoms with van der Waals surface area (Å²) in [4.78, 5) is 8.50. The zero-order valence-corrected chi connectivity index (χ0v) is 14.2. The maximum absolute atomic E-state index is 6.18. The Kier molecular flexibility index (Phi) is 3.59. The molecule has 0 fully saturated rings. The van der Waals surface area contributed by atoms with Gasteiger partial charge in [-0.05, 0) is 42.5 Å². The van der Waals surface area contributed by atoms with Crippen LogP contribution in [-0.4, -0.2) is 19.7 Å². The van der Waals surface area contributed by atoms with Crippen LogP contribution in [0.4, 0.5) is 0 Å². The van der Waals surface area contributed by atoms with E-state index in [0.29, 0.717) is 5.02 Å². The van der Waals surface area contributed by atoms with E-state index >= 15 is 0 Å². The smallest absolute Gasteiger partial charge is 0.121 e. The van der Waals surface area contributed by atoms with E-state index < -0.39 is 0 Å². The highest BCUT2D eigenvalue weighted by molar-refractivity contribution is 9.10. The molecule has 4 aromatic rings. The summed E-state index contributed by atoms with van der Waals surface area (Å²) in [6, 6.07) is 13.7. The molecule has 2 aromatic heterocycles. The molecule has 2 aromatic carbocycles. The van der Waals surface area contributed by atoms with Crippen LogP contribution in [0.25, 0.3) is 28.0 Å². The molecule has 0 aliphatic carbocycles. The maximum atomic E-state index is 6.18. The van der Waals surface area contributed by atoms with Crippen LogP contribution in [0, 0.1) is 0 Å². The predicted molar refractivity (Wildman–Crippen MR) is 94.8 cm³/mol. The lowest BCUT2D eigenvalue weighted by Crippen LogP contribution is -1.96. The summed E-state index contributed by atoms with van der Waals surface area (Å²) in [5, 5.41) is 6.39. The van der Waals surface area contributed by atoms with Crippen molar-refractivity contribution in [3.05, 3.63) is 70.6 Å². The molecule has 6 heteroatoms. The standard InChI is InChI=1S/C17H10BrClN4/c18-11-1-4-13(5-2-11)23-16-9-12(19)3-6-14(16)17(22-23)15-10-20-7-8-21-15/h1-10H. The van der Waals surface area contributed by atoms with Crippen LogP contribution in [0.3, 0.4) is 0 Å². The van der Waals surface area contributed by atoms with Gasteiger partial charge in [-0.15, -0.1) is 0 Å². The Morgan fingerprint density at radius 3 is 2.57 bits per heavy atom. The van der Waals surface area contributed by atoms with Crippen LogP contribution in [0.15, 0.2) is 65.5 Å². The fourth-order valence-electron chi connectivity index (χ4n) is 2.48. The molecular formula is C17H10BrClN4. The topological polar surface area (TPSA) is 43.6 Å². The van der Waals surface area contributed by atoms with Gasteiger partial charge in [-0.2, -0.15) is 5.10 Å². The molecule has 0 atom stereocenters. The Balaban J connectivity index is 2.01. The second kappa shape index (κ2) is 5.76.